The highest BCUT2D eigenvalue weighted by Gasteiger charge is 2.35. The van der Waals surface area contributed by atoms with Crippen molar-refractivity contribution < 1.29 is 10.2 Å². The van der Waals surface area contributed by atoms with E-state index >= 15 is 0 Å². The fourth-order valence-corrected chi connectivity index (χ4v) is 2.39. The summed E-state index contributed by atoms with van der Waals surface area (Å²) in [6.07, 6.45) is 0.667. The minimum Gasteiger partial charge on any atom is -0.390 e. The molecule has 0 heterocycles. The van der Waals surface area contributed by atoms with Crippen LogP contribution in [0.5, 0.6) is 0 Å². The van der Waals surface area contributed by atoms with E-state index < -0.39 is 12.2 Å². The Bertz CT molecular complexity index is 526. The van der Waals surface area contributed by atoms with Crippen molar-refractivity contribution in [1.82, 2.24) is 0 Å². The number of hydrogen-bond donors (Lipinski definition) is 2. The number of rotatable bonds is 3. The molecule has 2 atom stereocenters. The first kappa shape index (κ1) is 10.8. The molecule has 0 amide bonds. The smallest absolute Gasteiger partial charge is 0.106 e. The normalized spacial score (nSPS) is 19.2. The summed E-state index contributed by atoms with van der Waals surface area (Å²) in [5.74, 6) is 0.281. The Labute approximate surface area is 101 Å². The maximum Gasteiger partial charge on any atom is 0.106 e. The molecule has 0 bridgehead atoms. The highest BCUT2D eigenvalue weighted by Crippen LogP contribution is 2.39. The van der Waals surface area contributed by atoms with Gasteiger partial charge in [0.15, 0.2) is 0 Å². The van der Waals surface area contributed by atoms with Gasteiger partial charge in [-0.2, -0.15) is 0 Å². The van der Waals surface area contributed by atoms with Crippen LogP contribution in [0.25, 0.3) is 10.8 Å². The van der Waals surface area contributed by atoms with Gasteiger partial charge >= 0.3 is 0 Å². The Hall–Kier alpha value is -1.38. The second kappa shape index (κ2) is 4.13. The van der Waals surface area contributed by atoms with Crippen LogP contribution >= 0.6 is 0 Å². The molecular formula is C15H16O2. The predicted molar refractivity (Wildman–Crippen MR) is 67.6 cm³/mol. The number of hydrogen-bond acceptors (Lipinski definition) is 2. The van der Waals surface area contributed by atoms with Crippen molar-refractivity contribution in [3.63, 3.8) is 0 Å². The van der Waals surface area contributed by atoms with E-state index in [0.717, 1.165) is 29.2 Å². The lowest BCUT2D eigenvalue weighted by Gasteiger charge is -2.19. The Morgan fingerprint density at radius 2 is 1.65 bits per heavy atom. The molecule has 0 saturated heterocycles. The van der Waals surface area contributed by atoms with E-state index in [1.54, 1.807) is 0 Å². The van der Waals surface area contributed by atoms with Crippen molar-refractivity contribution in [2.75, 3.05) is 0 Å². The Kier molecular flexibility index (Phi) is 2.61. The van der Waals surface area contributed by atoms with E-state index in [-0.39, 0.29) is 5.92 Å². The maximum absolute atomic E-state index is 10.2. The Balaban J connectivity index is 2.03. The van der Waals surface area contributed by atoms with Gasteiger partial charge in [0.1, 0.15) is 6.10 Å². The second-order valence-corrected chi connectivity index (χ2v) is 4.84. The number of fused-ring (bicyclic) bond motifs is 1. The maximum atomic E-state index is 10.2. The lowest BCUT2D eigenvalue weighted by Crippen LogP contribution is -2.20. The Morgan fingerprint density at radius 1 is 0.941 bits per heavy atom. The molecule has 1 saturated carbocycles. The monoisotopic (exact) mass is 228 g/mol. The zero-order valence-corrected chi connectivity index (χ0v) is 9.58. The van der Waals surface area contributed by atoms with Crippen molar-refractivity contribution in [3.05, 3.63) is 48.0 Å². The second-order valence-electron chi connectivity index (χ2n) is 4.84. The summed E-state index contributed by atoms with van der Waals surface area (Å²) in [6, 6.07) is 13.8. The molecule has 1 fully saturated rings. The van der Waals surface area contributed by atoms with E-state index in [9.17, 15) is 10.2 Å². The number of benzene rings is 2. The summed E-state index contributed by atoms with van der Waals surface area (Å²) >= 11 is 0. The lowest BCUT2D eigenvalue weighted by atomic mass is 9.95. The first-order valence-corrected chi connectivity index (χ1v) is 6.11. The quantitative estimate of drug-likeness (QED) is 0.847. The van der Waals surface area contributed by atoms with Crippen LogP contribution in [-0.2, 0) is 0 Å². The topological polar surface area (TPSA) is 40.5 Å². The van der Waals surface area contributed by atoms with Gasteiger partial charge < -0.3 is 10.2 Å². The summed E-state index contributed by atoms with van der Waals surface area (Å²) in [4.78, 5) is 0. The number of aliphatic hydroxyl groups is 2. The van der Waals surface area contributed by atoms with Gasteiger partial charge in [-0.1, -0.05) is 42.5 Å². The van der Waals surface area contributed by atoms with Crippen LogP contribution in [0.15, 0.2) is 42.5 Å². The number of aliphatic hydroxyl groups excluding tert-OH is 2. The molecule has 2 unspecified atom stereocenters. The summed E-state index contributed by atoms with van der Waals surface area (Å²) in [5, 5.41) is 22.4. The first-order valence-electron chi connectivity index (χ1n) is 6.11. The zero-order valence-electron chi connectivity index (χ0n) is 9.58. The van der Waals surface area contributed by atoms with Gasteiger partial charge in [0, 0.05) is 0 Å². The Morgan fingerprint density at radius 3 is 2.41 bits per heavy atom. The molecule has 0 aromatic heterocycles. The van der Waals surface area contributed by atoms with Gasteiger partial charge in [-0.25, -0.2) is 0 Å². The molecule has 88 valence electrons. The van der Waals surface area contributed by atoms with Gasteiger partial charge in [0.05, 0.1) is 6.10 Å². The average molecular weight is 228 g/mol. The van der Waals surface area contributed by atoms with E-state index in [0.29, 0.717) is 0 Å². The molecule has 2 heteroatoms. The van der Waals surface area contributed by atoms with Gasteiger partial charge in [0.2, 0.25) is 0 Å². The highest BCUT2D eigenvalue weighted by atomic mass is 16.3. The van der Waals surface area contributed by atoms with Crippen LogP contribution < -0.4 is 0 Å². The third kappa shape index (κ3) is 1.94. The van der Waals surface area contributed by atoms with E-state index in [1.807, 2.05) is 42.5 Å². The molecule has 2 N–H and O–H groups in total. The zero-order chi connectivity index (χ0) is 11.8. The molecule has 2 nitrogen and oxygen atoms in total. The van der Waals surface area contributed by atoms with Crippen LogP contribution in [0.4, 0.5) is 0 Å². The molecule has 0 radical (unpaired) electrons. The van der Waals surface area contributed by atoms with Crippen molar-refractivity contribution in [2.24, 2.45) is 5.92 Å². The predicted octanol–water partition coefficient (Wildman–Crippen LogP) is 2.64. The molecule has 1 aliphatic carbocycles. The summed E-state index contributed by atoms with van der Waals surface area (Å²) in [6.45, 7) is 0. The highest BCUT2D eigenvalue weighted by molar-refractivity contribution is 5.86. The third-order valence-corrected chi connectivity index (χ3v) is 3.57. The van der Waals surface area contributed by atoms with Gasteiger partial charge in [-0.05, 0) is 35.1 Å². The summed E-state index contributed by atoms with van der Waals surface area (Å²) in [5.41, 5.74) is 0.836. The van der Waals surface area contributed by atoms with Gasteiger partial charge in [0.25, 0.3) is 0 Å². The minimum atomic E-state index is -0.770. The molecule has 1 aliphatic rings. The fourth-order valence-electron chi connectivity index (χ4n) is 2.39. The molecule has 17 heavy (non-hydrogen) atoms. The fraction of sp³-hybridized carbons (Fsp3) is 0.333. The van der Waals surface area contributed by atoms with Crippen LogP contribution in [0.3, 0.4) is 0 Å². The molecular weight excluding hydrogens is 212 g/mol. The molecule has 0 spiro atoms. The van der Waals surface area contributed by atoms with Crippen molar-refractivity contribution in [1.29, 1.82) is 0 Å². The molecule has 3 rings (SSSR count). The standard InChI is InChI=1S/C15H16O2/c16-14(11-8-9-11)15(17)13-7-3-5-10-4-1-2-6-12(10)13/h1-7,11,14-17H,8-9H2. The van der Waals surface area contributed by atoms with Gasteiger partial charge in [-0.3, -0.25) is 0 Å². The third-order valence-electron chi connectivity index (χ3n) is 3.57. The molecule has 0 aliphatic heterocycles. The minimum absolute atomic E-state index is 0.281. The van der Waals surface area contributed by atoms with E-state index in [4.69, 9.17) is 0 Å². The van der Waals surface area contributed by atoms with Crippen LogP contribution in [0, 0.1) is 5.92 Å². The van der Waals surface area contributed by atoms with Crippen LogP contribution in [-0.4, -0.2) is 16.3 Å². The van der Waals surface area contributed by atoms with Crippen molar-refractivity contribution in [3.8, 4) is 0 Å². The van der Waals surface area contributed by atoms with Crippen molar-refractivity contribution >= 4 is 10.8 Å². The first-order chi connectivity index (χ1) is 8.27. The molecule has 2 aromatic rings. The van der Waals surface area contributed by atoms with Crippen LogP contribution in [0.1, 0.15) is 24.5 Å². The SMILES string of the molecule is OC(c1cccc2ccccc12)C(O)C1CC1. The van der Waals surface area contributed by atoms with Gasteiger partial charge in [-0.15, -0.1) is 0 Å². The summed E-state index contributed by atoms with van der Waals surface area (Å²) < 4.78 is 0. The largest absolute Gasteiger partial charge is 0.390 e. The molecule has 2 aromatic carbocycles. The van der Waals surface area contributed by atoms with Crippen LogP contribution in [0.2, 0.25) is 0 Å². The lowest BCUT2D eigenvalue weighted by molar-refractivity contribution is 0.00568. The van der Waals surface area contributed by atoms with E-state index in [2.05, 4.69) is 0 Å². The average Bonchev–Trinajstić information content (AvgIpc) is 3.20. The van der Waals surface area contributed by atoms with Crippen molar-refractivity contribution in [2.45, 2.75) is 25.0 Å². The summed E-state index contributed by atoms with van der Waals surface area (Å²) in [7, 11) is 0. The van der Waals surface area contributed by atoms with E-state index in [1.165, 1.54) is 0 Å².